The van der Waals surface area contributed by atoms with Crippen molar-refractivity contribution < 1.29 is 30.9 Å². The van der Waals surface area contributed by atoms with E-state index >= 15 is 0 Å². The molecule has 410 valence electrons. The fourth-order valence-corrected chi connectivity index (χ4v) is 13.8. The normalized spacial score (nSPS) is 12.4. The molecule has 4 heterocycles. The molecule has 0 bridgehead atoms. The number of ether oxygens (including phenoxy) is 1. The van der Waals surface area contributed by atoms with Gasteiger partial charge in [-0.05, 0) is 18.1 Å². The van der Waals surface area contributed by atoms with E-state index in [1.807, 2.05) is 31.2 Å². The summed E-state index contributed by atoms with van der Waals surface area (Å²) in [5.41, 5.74) is 18.7. The molecule has 12 aromatic carbocycles. The van der Waals surface area contributed by atoms with Gasteiger partial charge in [0.15, 0.2) is 0 Å². The van der Waals surface area contributed by atoms with Crippen LogP contribution in [0.3, 0.4) is 0 Å². The number of aryl methyl sites for hydroxylation is 1. The van der Waals surface area contributed by atoms with Gasteiger partial charge < -0.3 is 0 Å². The maximum atomic E-state index is 8.78. The Morgan fingerprint density at radius 1 is 0.360 bits per heavy atom. The number of para-hydroxylation sites is 5. The van der Waals surface area contributed by atoms with Gasteiger partial charge in [0.05, 0.1) is 6.85 Å². The monoisotopic (exact) mass is 1290 g/mol. The number of benzene rings is 12. The molecule has 0 aliphatic carbocycles. The van der Waals surface area contributed by atoms with Gasteiger partial charge in [-0.2, -0.15) is 0 Å². The van der Waals surface area contributed by atoms with Gasteiger partial charge in [0, 0.05) is 11.8 Å². The van der Waals surface area contributed by atoms with Gasteiger partial charge in [0.2, 0.25) is 0 Å². The van der Waals surface area contributed by atoms with E-state index < -0.39 is 6.04 Å². The SMILES string of the molecule is [2H]c1c([2H])c([2H])c(-c2cnc(-n3c4ccccc4c4ccc(Oc5ccc6c(c5)n5[c](=[Pt])n(-c7c(-c8ccccc8)cccc7-c7ccccc7)c7cccc(c8ccccc8n6-c6c(-c8ccccc8)cccc6-c6ccccc6)c75)cc43)cc2C)c([2H])c1[2H]. The van der Waals surface area contributed by atoms with Gasteiger partial charge >= 0.3 is 439 Å². The Labute approximate surface area is 515 Å². The molecule has 0 aliphatic heterocycles. The maximum absolute atomic E-state index is 8.78. The number of nitrogens with zero attached hydrogens (tertiary/aromatic N) is 5. The second kappa shape index (κ2) is 21.2. The molecule has 0 fully saturated rings. The van der Waals surface area contributed by atoms with Gasteiger partial charge in [-0.3, -0.25) is 0 Å². The molecular weight excluding hydrogens is 1230 g/mol. The van der Waals surface area contributed by atoms with E-state index in [2.05, 4.69) is 280 Å². The molecular formula is C79H53N5OPt. The number of rotatable bonds is 10. The molecule has 6 nitrogen and oxygen atoms in total. The smallest absolute Gasteiger partial charge is 0.0616 e. The third-order valence-electron chi connectivity index (χ3n) is 16.5. The quantitative estimate of drug-likeness (QED) is 0.137. The van der Waals surface area contributed by atoms with Crippen LogP contribution in [-0.2, 0) is 19.4 Å². The minimum absolute atomic E-state index is 0.115. The molecule has 0 radical (unpaired) electrons. The van der Waals surface area contributed by atoms with Gasteiger partial charge in [-0.25, -0.2) is 0 Å². The number of pyridine rings is 1. The first-order valence-corrected chi connectivity index (χ1v) is 29.7. The molecule has 0 atom stereocenters. The Morgan fingerprint density at radius 2 is 0.814 bits per heavy atom. The van der Waals surface area contributed by atoms with E-state index in [-0.39, 0.29) is 29.7 Å². The minimum Gasteiger partial charge on any atom is -0.0616 e. The van der Waals surface area contributed by atoms with Crippen molar-refractivity contribution >= 4 is 60.2 Å². The van der Waals surface area contributed by atoms with Crippen molar-refractivity contribution in [2.24, 2.45) is 0 Å². The van der Waals surface area contributed by atoms with Crippen molar-refractivity contribution in [1.82, 2.24) is 23.1 Å². The molecule has 0 N–H and O–H groups in total. The van der Waals surface area contributed by atoms with Crippen molar-refractivity contribution in [2.75, 3.05) is 0 Å². The standard InChI is InChI=1S/C79H53N5O.Pt/c1-53-48-76(80-51-69(53)58-32-15-6-16-33-58)83-70-41-19-17-34-65(70)67-46-44-59(49-74(67)83)85-60-45-47-72-75(50-60)82-52-81(77-61(54-24-7-2-8-25-54)36-21-37-62(77)55-26-9-3-10-27-55)73-43-23-40-68(79(73)82)66-35-18-20-42-71(66)84(72)78-63(56-28-11-4-12-29-56)38-22-39-64(78)57-30-13-5-14-31-57;/h2-51H,1H3;/i6D,15D,16D,32D,33D;. The molecule has 0 amide bonds. The number of hydrogen-bond acceptors (Lipinski definition) is 2. The summed E-state index contributed by atoms with van der Waals surface area (Å²) in [4.78, 5) is 4.99. The third-order valence-corrected chi connectivity index (χ3v) is 17.5. The summed E-state index contributed by atoms with van der Waals surface area (Å²) in [6, 6.07) is 92.5. The molecule has 16 rings (SSSR count). The first kappa shape index (κ1) is 45.8. The van der Waals surface area contributed by atoms with Crippen LogP contribution in [0.2, 0.25) is 0 Å². The molecule has 16 aromatic rings. The van der Waals surface area contributed by atoms with Crippen LogP contribution in [0.4, 0.5) is 0 Å². The van der Waals surface area contributed by atoms with Crippen LogP contribution in [0.15, 0.2) is 303 Å². The summed E-state index contributed by atoms with van der Waals surface area (Å²) < 4.78 is 60.3. The number of aromatic nitrogens is 5. The molecule has 0 aliphatic rings. The van der Waals surface area contributed by atoms with E-state index in [0.717, 1.165) is 120 Å². The van der Waals surface area contributed by atoms with Crippen LogP contribution in [0.1, 0.15) is 12.4 Å². The Hall–Kier alpha value is -10.7. The van der Waals surface area contributed by atoms with Crippen molar-refractivity contribution in [3.8, 4) is 84.3 Å². The van der Waals surface area contributed by atoms with E-state index in [1.165, 1.54) is 0 Å². The van der Waals surface area contributed by atoms with Crippen LogP contribution < -0.4 is 4.74 Å². The van der Waals surface area contributed by atoms with Crippen LogP contribution in [0, 0.1) is 10.7 Å². The average Bonchev–Trinajstić information content (AvgIpc) is 1.67. The second-order valence-electron chi connectivity index (χ2n) is 21.4. The van der Waals surface area contributed by atoms with Crippen molar-refractivity contribution in [1.29, 1.82) is 0 Å². The van der Waals surface area contributed by atoms with Crippen LogP contribution in [-0.4, -0.2) is 23.1 Å². The summed E-state index contributed by atoms with van der Waals surface area (Å²) in [6.45, 7) is 1.89. The van der Waals surface area contributed by atoms with Crippen molar-refractivity contribution in [2.45, 2.75) is 6.92 Å². The third kappa shape index (κ3) is 8.51. The zero-order valence-corrected chi connectivity index (χ0v) is 48.7. The number of hydrogen-bond donors (Lipinski definition) is 0. The van der Waals surface area contributed by atoms with E-state index in [0.29, 0.717) is 28.4 Å². The summed E-state index contributed by atoms with van der Waals surface area (Å²) in [6.07, 6.45) is 1.62. The summed E-state index contributed by atoms with van der Waals surface area (Å²) in [5, 5.41) is 4.15. The van der Waals surface area contributed by atoms with Gasteiger partial charge in [0.25, 0.3) is 0 Å². The van der Waals surface area contributed by atoms with Crippen LogP contribution in [0.25, 0.3) is 133 Å². The molecule has 0 saturated carbocycles. The first-order chi connectivity index (χ1) is 44.6. The Morgan fingerprint density at radius 3 is 1.38 bits per heavy atom. The number of fused-ring (bicyclic) bond motifs is 7. The Bertz CT molecular complexity index is 5580. The molecule has 0 unspecified atom stereocenters. The number of imidazole rings is 1. The van der Waals surface area contributed by atoms with Gasteiger partial charge in [-0.15, -0.1) is 0 Å². The minimum atomic E-state index is -0.436. The van der Waals surface area contributed by atoms with E-state index in [9.17, 15) is 0 Å². The molecule has 0 saturated heterocycles. The van der Waals surface area contributed by atoms with Crippen molar-refractivity contribution in [3.63, 3.8) is 0 Å². The predicted molar refractivity (Wildman–Crippen MR) is 351 cm³/mol. The summed E-state index contributed by atoms with van der Waals surface area (Å²) in [7, 11) is 0. The van der Waals surface area contributed by atoms with Gasteiger partial charge in [-0.1, -0.05) is 42.3 Å². The molecule has 86 heavy (non-hydrogen) atoms. The van der Waals surface area contributed by atoms with Crippen molar-refractivity contribution in [3.05, 3.63) is 313 Å². The summed E-state index contributed by atoms with van der Waals surface area (Å²) >= 11 is 2.56. The Balaban J connectivity index is 0.991. The van der Waals surface area contributed by atoms with Gasteiger partial charge in [0.1, 0.15) is 0 Å². The van der Waals surface area contributed by atoms with Crippen LogP contribution >= 0.6 is 0 Å². The zero-order valence-electron chi connectivity index (χ0n) is 51.4. The molecule has 0 spiro atoms. The van der Waals surface area contributed by atoms with E-state index in [4.69, 9.17) is 16.6 Å². The first-order valence-electron chi connectivity index (χ1n) is 31.1. The topological polar surface area (TPSA) is 41.3 Å². The Kier molecular flexibility index (Phi) is 11.3. The van der Waals surface area contributed by atoms with Crippen LogP contribution in [0.5, 0.6) is 11.5 Å². The molecule has 7 heteroatoms. The fraction of sp³-hybridized carbons (Fsp3) is 0.0127. The second-order valence-corrected chi connectivity index (χ2v) is 22.5. The zero-order chi connectivity index (χ0) is 61.6. The average molecular weight is 1290 g/mol. The fourth-order valence-electron chi connectivity index (χ4n) is 12.7. The van der Waals surface area contributed by atoms with E-state index in [1.54, 1.807) is 6.20 Å². The molecule has 4 aromatic heterocycles. The summed E-state index contributed by atoms with van der Waals surface area (Å²) in [5.74, 6) is 1.82. The predicted octanol–water partition coefficient (Wildman–Crippen LogP) is 20.5.